The quantitative estimate of drug-likeness (QED) is 0.691. The van der Waals surface area contributed by atoms with Crippen LogP contribution in [0.5, 0.6) is 0 Å². The van der Waals surface area contributed by atoms with E-state index in [9.17, 15) is 9.90 Å². The zero-order chi connectivity index (χ0) is 18.0. The smallest absolute Gasteiger partial charge is 0.139 e. The monoisotopic (exact) mass is 344 g/mol. The number of hydrogen-bond acceptors (Lipinski definition) is 2. The molecule has 1 N–H and O–H groups in total. The Bertz CT molecular complexity index is 607. The third kappa shape index (κ3) is 2.22. The van der Waals surface area contributed by atoms with Crippen molar-refractivity contribution in [3.8, 4) is 0 Å². The number of Topliss-reactive ketones (excluding diaryl/α,β-unsaturated/α-hetero) is 1. The fourth-order valence-corrected chi connectivity index (χ4v) is 7.76. The van der Waals surface area contributed by atoms with E-state index in [1.54, 1.807) is 5.57 Å². The molecule has 4 rings (SSSR count). The predicted octanol–water partition coefficient (Wildman–Crippen LogP) is 5.30. The number of ketones is 1. The standard InChI is InChI=1S/C23H36O2/c1-5-20(25)23(4)13-10-19-17-7-6-15-14-16(24)8-11-21(15,2)18(17)9-12-22(19,23)3/h6,16-19,24H,5,7-14H2,1-4H3. The SMILES string of the molecule is CCC(=O)C1(C)CCC2C3CC=C4CC(O)CCC4(C)C3CCC21C. The maximum absolute atomic E-state index is 12.8. The second-order valence-corrected chi connectivity index (χ2v) is 10.3. The summed E-state index contributed by atoms with van der Waals surface area (Å²) in [6.45, 7) is 9.25. The second kappa shape index (κ2) is 5.68. The molecule has 0 bridgehead atoms. The molecule has 3 saturated carbocycles. The molecule has 0 radical (unpaired) electrons. The summed E-state index contributed by atoms with van der Waals surface area (Å²) in [7, 11) is 0. The largest absolute Gasteiger partial charge is 0.393 e. The van der Waals surface area contributed by atoms with E-state index in [2.05, 4.69) is 26.8 Å². The van der Waals surface area contributed by atoms with E-state index in [1.165, 1.54) is 25.7 Å². The third-order valence-electron chi connectivity index (χ3n) is 9.62. The van der Waals surface area contributed by atoms with Crippen LogP contribution in [-0.2, 0) is 4.79 Å². The van der Waals surface area contributed by atoms with Crippen molar-refractivity contribution in [2.75, 3.05) is 0 Å². The van der Waals surface area contributed by atoms with Crippen LogP contribution in [0.1, 0.15) is 85.5 Å². The van der Waals surface area contributed by atoms with Gasteiger partial charge in [0.15, 0.2) is 0 Å². The average Bonchev–Trinajstić information content (AvgIpc) is 2.87. The van der Waals surface area contributed by atoms with Gasteiger partial charge in [0, 0.05) is 11.8 Å². The second-order valence-electron chi connectivity index (χ2n) is 10.3. The fraction of sp³-hybridized carbons (Fsp3) is 0.870. The molecule has 2 heteroatoms. The fourth-order valence-electron chi connectivity index (χ4n) is 7.76. The predicted molar refractivity (Wildman–Crippen MR) is 101 cm³/mol. The van der Waals surface area contributed by atoms with Crippen molar-refractivity contribution in [3.63, 3.8) is 0 Å². The van der Waals surface area contributed by atoms with E-state index in [4.69, 9.17) is 0 Å². The van der Waals surface area contributed by atoms with Crippen LogP contribution < -0.4 is 0 Å². The van der Waals surface area contributed by atoms with Gasteiger partial charge in [0.25, 0.3) is 0 Å². The molecule has 0 amide bonds. The molecule has 0 heterocycles. The average molecular weight is 345 g/mol. The normalized spacial score (nSPS) is 52.0. The molecule has 2 nitrogen and oxygen atoms in total. The van der Waals surface area contributed by atoms with Crippen molar-refractivity contribution in [1.82, 2.24) is 0 Å². The highest BCUT2D eigenvalue weighted by atomic mass is 16.3. The third-order valence-corrected chi connectivity index (χ3v) is 9.62. The van der Waals surface area contributed by atoms with Crippen molar-refractivity contribution >= 4 is 5.78 Å². The van der Waals surface area contributed by atoms with Gasteiger partial charge in [-0.25, -0.2) is 0 Å². The Balaban J connectivity index is 1.68. The minimum absolute atomic E-state index is 0.106. The molecule has 0 aliphatic heterocycles. The van der Waals surface area contributed by atoms with Crippen molar-refractivity contribution in [2.45, 2.75) is 91.6 Å². The lowest BCUT2D eigenvalue weighted by molar-refractivity contribution is -0.140. The van der Waals surface area contributed by atoms with Gasteiger partial charge in [-0.15, -0.1) is 0 Å². The summed E-state index contributed by atoms with van der Waals surface area (Å²) >= 11 is 0. The first kappa shape index (κ1) is 17.8. The zero-order valence-corrected chi connectivity index (χ0v) is 16.6. The maximum atomic E-state index is 12.8. The van der Waals surface area contributed by atoms with Gasteiger partial charge in [0.1, 0.15) is 5.78 Å². The van der Waals surface area contributed by atoms with Gasteiger partial charge in [-0.05, 0) is 80.0 Å². The summed E-state index contributed by atoms with van der Waals surface area (Å²) in [5.41, 5.74) is 1.93. The van der Waals surface area contributed by atoms with E-state index >= 15 is 0 Å². The molecule has 0 aromatic rings. The summed E-state index contributed by atoms with van der Waals surface area (Å²) < 4.78 is 0. The number of aliphatic hydroxyl groups is 1. The Morgan fingerprint density at radius 3 is 2.56 bits per heavy atom. The molecule has 4 aliphatic rings. The van der Waals surface area contributed by atoms with Gasteiger partial charge in [-0.3, -0.25) is 4.79 Å². The Morgan fingerprint density at radius 1 is 1.12 bits per heavy atom. The van der Waals surface area contributed by atoms with Crippen LogP contribution in [0.4, 0.5) is 0 Å². The molecule has 0 aromatic carbocycles. The van der Waals surface area contributed by atoms with E-state index in [-0.39, 0.29) is 16.9 Å². The molecule has 140 valence electrons. The van der Waals surface area contributed by atoms with Gasteiger partial charge in [0.05, 0.1) is 6.10 Å². The van der Waals surface area contributed by atoms with Gasteiger partial charge in [0.2, 0.25) is 0 Å². The van der Waals surface area contributed by atoms with Gasteiger partial charge < -0.3 is 5.11 Å². The molecular weight excluding hydrogens is 308 g/mol. The summed E-state index contributed by atoms with van der Waals surface area (Å²) in [6, 6.07) is 0. The van der Waals surface area contributed by atoms with E-state index < -0.39 is 0 Å². The molecule has 0 aromatic heterocycles. The summed E-state index contributed by atoms with van der Waals surface area (Å²) in [6.07, 6.45) is 12.1. The minimum atomic E-state index is -0.123. The number of rotatable bonds is 2. The van der Waals surface area contributed by atoms with Gasteiger partial charge >= 0.3 is 0 Å². The van der Waals surface area contributed by atoms with Crippen molar-refractivity contribution < 1.29 is 9.90 Å². The van der Waals surface area contributed by atoms with Crippen molar-refractivity contribution in [1.29, 1.82) is 0 Å². The lowest BCUT2D eigenvalue weighted by atomic mass is 9.45. The highest BCUT2D eigenvalue weighted by Crippen LogP contribution is 2.69. The van der Waals surface area contributed by atoms with Crippen molar-refractivity contribution in [2.24, 2.45) is 34.0 Å². The lowest BCUT2D eigenvalue weighted by Crippen LogP contribution is -2.53. The van der Waals surface area contributed by atoms with E-state index in [1.807, 2.05) is 6.92 Å². The van der Waals surface area contributed by atoms with E-state index in [0.717, 1.165) is 37.5 Å². The number of aliphatic hydroxyl groups excluding tert-OH is 1. The van der Waals surface area contributed by atoms with E-state index in [0.29, 0.717) is 23.5 Å². The van der Waals surface area contributed by atoms with Gasteiger partial charge in [-0.2, -0.15) is 0 Å². The van der Waals surface area contributed by atoms with Crippen LogP contribution in [0.3, 0.4) is 0 Å². The maximum Gasteiger partial charge on any atom is 0.139 e. The molecule has 0 spiro atoms. The molecule has 7 unspecified atom stereocenters. The molecular formula is C23H36O2. The van der Waals surface area contributed by atoms with Crippen LogP contribution in [-0.4, -0.2) is 17.0 Å². The first-order valence-corrected chi connectivity index (χ1v) is 10.7. The topological polar surface area (TPSA) is 37.3 Å². The number of carbonyl (C=O) groups excluding carboxylic acids is 1. The molecule has 7 atom stereocenters. The lowest BCUT2D eigenvalue weighted by Gasteiger charge is -2.59. The summed E-state index contributed by atoms with van der Waals surface area (Å²) in [5, 5.41) is 10.1. The number of fused-ring (bicyclic) bond motifs is 5. The zero-order valence-electron chi connectivity index (χ0n) is 16.6. The van der Waals surface area contributed by atoms with Crippen LogP contribution in [0.25, 0.3) is 0 Å². The highest BCUT2D eigenvalue weighted by molar-refractivity contribution is 5.85. The van der Waals surface area contributed by atoms with Crippen LogP contribution in [0.2, 0.25) is 0 Å². The minimum Gasteiger partial charge on any atom is -0.393 e. The van der Waals surface area contributed by atoms with Crippen LogP contribution >= 0.6 is 0 Å². The molecule has 3 fully saturated rings. The van der Waals surface area contributed by atoms with Gasteiger partial charge in [-0.1, -0.05) is 39.3 Å². The summed E-state index contributed by atoms with van der Waals surface area (Å²) in [4.78, 5) is 12.8. The Kier molecular flexibility index (Phi) is 4.04. The van der Waals surface area contributed by atoms with Crippen LogP contribution in [0.15, 0.2) is 11.6 Å². The number of allylic oxidation sites excluding steroid dienone is 1. The molecule has 25 heavy (non-hydrogen) atoms. The Hall–Kier alpha value is -0.630. The first-order valence-electron chi connectivity index (χ1n) is 10.7. The summed E-state index contributed by atoms with van der Waals surface area (Å²) in [5.74, 6) is 2.70. The van der Waals surface area contributed by atoms with Crippen LogP contribution in [0, 0.1) is 34.0 Å². The highest BCUT2D eigenvalue weighted by Gasteiger charge is 2.63. The Labute approximate surface area is 153 Å². The first-order chi connectivity index (χ1) is 11.8. The van der Waals surface area contributed by atoms with Crippen molar-refractivity contribution in [3.05, 3.63) is 11.6 Å². The number of hydrogen-bond donors (Lipinski definition) is 1. The Morgan fingerprint density at radius 2 is 1.84 bits per heavy atom. The number of carbonyl (C=O) groups is 1. The molecule has 0 saturated heterocycles. The molecule has 4 aliphatic carbocycles.